The molecule has 0 amide bonds. The zero-order valence-corrected chi connectivity index (χ0v) is 10.5. The lowest BCUT2D eigenvalue weighted by Crippen LogP contribution is -1.85. The maximum absolute atomic E-state index is 5.77. The van der Waals surface area contributed by atoms with E-state index in [0.717, 1.165) is 26.8 Å². The summed E-state index contributed by atoms with van der Waals surface area (Å²) in [6.45, 7) is 0. The Hall–Kier alpha value is -1.72. The predicted octanol–water partition coefficient (Wildman–Crippen LogP) is 3.52. The van der Waals surface area contributed by atoms with E-state index in [1.807, 2.05) is 41.4 Å². The standard InChI is InChI=1S/C12H9N3S2/c13-9-3-1-2-8(4-9)10-6-16-12(15-10)11-5-14-7-17-11/h1-7H,13H2. The first-order valence-electron chi connectivity index (χ1n) is 5.03. The number of thiazole rings is 2. The topological polar surface area (TPSA) is 51.8 Å². The van der Waals surface area contributed by atoms with Crippen molar-refractivity contribution in [3.05, 3.63) is 41.4 Å². The Kier molecular flexibility index (Phi) is 2.62. The molecule has 0 radical (unpaired) electrons. The lowest BCUT2D eigenvalue weighted by atomic mass is 10.1. The molecule has 0 unspecified atom stereocenters. The van der Waals surface area contributed by atoms with Gasteiger partial charge in [0.1, 0.15) is 5.01 Å². The molecule has 0 saturated carbocycles. The van der Waals surface area contributed by atoms with Crippen molar-refractivity contribution in [2.45, 2.75) is 0 Å². The van der Waals surface area contributed by atoms with Gasteiger partial charge in [0, 0.05) is 22.8 Å². The summed E-state index contributed by atoms with van der Waals surface area (Å²) in [4.78, 5) is 9.76. The summed E-state index contributed by atoms with van der Waals surface area (Å²) in [5, 5.41) is 3.05. The number of rotatable bonds is 2. The first-order chi connectivity index (χ1) is 8.33. The summed E-state index contributed by atoms with van der Waals surface area (Å²) in [6.07, 6.45) is 1.84. The minimum Gasteiger partial charge on any atom is -0.399 e. The maximum Gasteiger partial charge on any atom is 0.135 e. The van der Waals surface area contributed by atoms with Gasteiger partial charge in [-0.25, -0.2) is 4.98 Å². The van der Waals surface area contributed by atoms with Crippen LogP contribution >= 0.6 is 22.7 Å². The van der Waals surface area contributed by atoms with Crippen LogP contribution in [-0.4, -0.2) is 9.97 Å². The zero-order chi connectivity index (χ0) is 11.7. The van der Waals surface area contributed by atoms with Gasteiger partial charge in [0.15, 0.2) is 0 Å². The molecule has 3 rings (SSSR count). The first kappa shape index (κ1) is 10.4. The number of hydrogen-bond acceptors (Lipinski definition) is 5. The van der Waals surface area contributed by atoms with Gasteiger partial charge in [-0.15, -0.1) is 22.7 Å². The first-order valence-corrected chi connectivity index (χ1v) is 6.79. The minimum atomic E-state index is 0.759. The summed E-state index contributed by atoms with van der Waals surface area (Å²) in [5.41, 5.74) is 10.4. The molecule has 5 heteroatoms. The van der Waals surface area contributed by atoms with Crippen molar-refractivity contribution in [1.29, 1.82) is 0 Å². The van der Waals surface area contributed by atoms with Crippen LogP contribution < -0.4 is 5.73 Å². The molecule has 0 fully saturated rings. The second kappa shape index (κ2) is 4.27. The lowest BCUT2D eigenvalue weighted by molar-refractivity contribution is 1.39. The molecule has 2 heterocycles. The fourth-order valence-corrected chi connectivity index (χ4v) is 3.06. The molecule has 1 aromatic carbocycles. The summed E-state index contributed by atoms with van der Waals surface area (Å²) in [7, 11) is 0. The molecule has 0 saturated heterocycles. The van der Waals surface area contributed by atoms with E-state index in [0.29, 0.717) is 0 Å². The number of nitrogens with zero attached hydrogens (tertiary/aromatic N) is 2. The molecule has 0 aliphatic heterocycles. The second-order valence-corrected chi connectivity index (χ2v) is 5.27. The van der Waals surface area contributed by atoms with E-state index in [4.69, 9.17) is 5.73 Å². The van der Waals surface area contributed by atoms with Crippen molar-refractivity contribution in [3.63, 3.8) is 0 Å². The number of anilines is 1. The lowest BCUT2D eigenvalue weighted by Gasteiger charge is -1.97. The van der Waals surface area contributed by atoms with Crippen LogP contribution in [0.5, 0.6) is 0 Å². The van der Waals surface area contributed by atoms with Crippen molar-refractivity contribution in [3.8, 4) is 21.1 Å². The van der Waals surface area contributed by atoms with Crippen molar-refractivity contribution in [2.24, 2.45) is 0 Å². The van der Waals surface area contributed by atoms with E-state index in [1.165, 1.54) is 0 Å². The van der Waals surface area contributed by atoms with Gasteiger partial charge in [-0.1, -0.05) is 12.1 Å². The summed E-state index contributed by atoms with van der Waals surface area (Å²) < 4.78 is 0. The molecule has 3 aromatic rings. The molecule has 0 bridgehead atoms. The van der Waals surface area contributed by atoms with Gasteiger partial charge < -0.3 is 5.73 Å². The number of nitrogen functional groups attached to an aromatic ring is 1. The molecule has 0 aliphatic rings. The van der Waals surface area contributed by atoms with Gasteiger partial charge in [-0.3, -0.25) is 4.98 Å². The van der Waals surface area contributed by atoms with E-state index in [9.17, 15) is 0 Å². The monoisotopic (exact) mass is 259 g/mol. The second-order valence-electron chi connectivity index (χ2n) is 3.53. The van der Waals surface area contributed by atoms with Crippen molar-refractivity contribution in [1.82, 2.24) is 9.97 Å². The molecule has 2 aromatic heterocycles. The Morgan fingerprint density at radius 3 is 2.88 bits per heavy atom. The van der Waals surface area contributed by atoms with Crippen LogP contribution in [0, 0.1) is 0 Å². The number of aromatic nitrogens is 2. The van der Waals surface area contributed by atoms with Gasteiger partial charge in [0.2, 0.25) is 0 Å². The Morgan fingerprint density at radius 2 is 2.12 bits per heavy atom. The predicted molar refractivity (Wildman–Crippen MR) is 73.1 cm³/mol. The van der Waals surface area contributed by atoms with E-state index in [-0.39, 0.29) is 0 Å². The van der Waals surface area contributed by atoms with Crippen LogP contribution in [-0.2, 0) is 0 Å². The molecular formula is C12H9N3S2. The normalized spacial score (nSPS) is 10.6. The van der Waals surface area contributed by atoms with Crippen molar-refractivity contribution < 1.29 is 0 Å². The Balaban J connectivity index is 2.01. The van der Waals surface area contributed by atoms with Crippen molar-refractivity contribution in [2.75, 3.05) is 5.73 Å². The fraction of sp³-hybridized carbons (Fsp3) is 0. The molecule has 17 heavy (non-hydrogen) atoms. The highest BCUT2D eigenvalue weighted by Crippen LogP contribution is 2.31. The summed E-state index contributed by atoms with van der Waals surface area (Å²) in [6, 6.07) is 7.77. The van der Waals surface area contributed by atoms with E-state index >= 15 is 0 Å². The molecule has 0 spiro atoms. The van der Waals surface area contributed by atoms with E-state index in [1.54, 1.807) is 22.7 Å². The van der Waals surface area contributed by atoms with Gasteiger partial charge in [0.05, 0.1) is 16.1 Å². The quantitative estimate of drug-likeness (QED) is 0.716. The number of hydrogen-bond donors (Lipinski definition) is 1. The molecule has 0 atom stereocenters. The summed E-state index contributed by atoms with van der Waals surface area (Å²) in [5.74, 6) is 0. The molecule has 0 aliphatic carbocycles. The number of benzene rings is 1. The average molecular weight is 259 g/mol. The SMILES string of the molecule is Nc1cccc(-c2csc(-c3cncs3)n2)c1. The third kappa shape index (κ3) is 2.07. The van der Waals surface area contributed by atoms with E-state index in [2.05, 4.69) is 9.97 Å². The van der Waals surface area contributed by atoms with Gasteiger partial charge in [-0.05, 0) is 12.1 Å². The highest BCUT2D eigenvalue weighted by molar-refractivity contribution is 7.20. The van der Waals surface area contributed by atoms with Crippen molar-refractivity contribution >= 4 is 28.4 Å². The smallest absolute Gasteiger partial charge is 0.135 e. The summed E-state index contributed by atoms with van der Waals surface area (Å²) >= 11 is 3.23. The average Bonchev–Trinajstić information content (AvgIpc) is 3.00. The molecule has 2 N–H and O–H groups in total. The van der Waals surface area contributed by atoms with Gasteiger partial charge >= 0.3 is 0 Å². The van der Waals surface area contributed by atoms with E-state index < -0.39 is 0 Å². The molecular weight excluding hydrogens is 250 g/mol. The van der Waals surface area contributed by atoms with Crippen LogP contribution in [0.25, 0.3) is 21.1 Å². The number of nitrogens with two attached hydrogens (primary N) is 1. The molecule has 3 nitrogen and oxygen atoms in total. The Morgan fingerprint density at radius 1 is 1.18 bits per heavy atom. The highest BCUT2D eigenvalue weighted by atomic mass is 32.1. The van der Waals surface area contributed by atoms with Crippen LogP contribution in [0.1, 0.15) is 0 Å². The fourth-order valence-electron chi connectivity index (χ4n) is 1.54. The largest absolute Gasteiger partial charge is 0.399 e. The zero-order valence-electron chi connectivity index (χ0n) is 8.83. The third-order valence-electron chi connectivity index (χ3n) is 2.33. The Bertz CT molecular complexity index is 629. The van der Waals surface area contributed by atoms with Crippen LogP contribution in [0.2, 0.25) is 0 Å². The Labute approximate surface area is 107 Å². The van der Waals surface area contributed by atoms with Crippen LogP contribution in [0.3, 0.4) is 0 Å². The molecule has 84 valence electrons. The van der Waals surface area contributed by atoms with Gasteiger partial charge in [0.25, 0.3) is 0 Å². The van der Waals surface area contributed by atoms with Crippen LogP contribution in [0.4, 0.5) is 5.69 Å². The third-order valence-corrected chi connectivity index (χ3v) is 4.11. The maximum atomic E-state index is 5.77. The van der Waals surface area contributed by atoms with Gasteiger partial charge in [-0.2, -0.15) is 0 Å². The highest BCUT2D eigenvalue weighted by Gasteiger charge is 2.07. The van der Waals surface area contributed by atoms with Crippen LogP contribution in [0.15, 0.2) is 41.4 Å². The minimum absolute atomic E-state index is 0.759.